The zero-order chi connectivity index (χ0) is 16.3. The van der Waals surface area contributed by atoms with Gasteiger partial charge in [0.1, 0.15) is 0 Å². The van der Waals surface area contributed by atoms with E-state index in [2.05, 4.69) is 16.0 Å². The van der Waals surface area contributed by atoms with Crippen molar-refractivity contribution in [3.05, 3.63) is 0 Å². The summed E-state index contributed by atoms with van der Waals surface area (Å²) in [4.78, 5) is 21.7. The standard InChI is InChI=1S/3C5H11N.H3O3P/c3*1-2-4-6-5-3-1;1-4(2)3/h3*6H,1-5H2;1-3H. The molecular formula is C15H36N3O3P. The van der Waals surface area contributed by atoms with Crippen LogP contribution in [0.2, 0.25) is 0 Å². The van der Waals surface area contributed by atoms with E-state index in [0.717, 1.165) is 0 Å². The molecule has 0 unspecified atom stereocenters. The summed E-state index contributed by atoms with van der Waals surface area (Å²) in [5.74, 6) is 0. The molecule has 0 spiro atoms. The van der Waals surface area contributed by atoms with E-state index in [1.54, 1.807) is 0 Å². The first-order valence-corrected chi connectivity index (χ1v) is 9.92. The molecule has 6 nitrogen and oxygen atoms in total. The number of hydrogen-bond donors (Lipinski definition) is 6. The fraction of sp³-hybridized carbons (Fsp3) is 1.00. The summed E-state index contributed by atoms with van der Waals surface area (Å²) >= 11 is 0. The monoisotopic (exact) mass is 337 g/mol. The molecule has 134 valence electrons. The maximum absolute atomic E-state index is 7.23. The van der Waals surface area contributed by atoms with Crippen LogP contribution in [0.25, 0.3) is 0 Å². The first-order chi connectivity index (χ1) is 10.7. The van der Waals surface area contributed by atoms with E-state index in [1.807, 2.05) is 0 Å². The molecule has 3 heterocycles. The minimum atomic E-state index is -2.62. The molecule has 0 bridgehead atoms. The van der Waals surface area contributed by atoms with Gasteiger partial charge in [0.2, 0.25) is 0 Å². The van der Waals surface area contributed by atoms with Crippen molar-refractivity contribution in [2.75, 3.05) is 39.3 Å². The van der Waals surface area contributed by atoms with Crippen LogP contribution in [0.5, 0.6) is 0 Å². The van der Waals surface area contributed by atoms with E-state index in [0.29, 0.717) is 0 Å². The molecule has 0 radical (unpaired) electrons. The van der Waals surface area contributed by atoms with Crippen molar-refractivity contribution in [3.8, 4) is 0 Å². The first-order valence-electron chi connectivity index (χ1n) is 8.72. The van der Waals surface area contributed by atoms with Crippen LogP contribution in [-0.2, 0) is 0 Å². The second-order valence-corrected chi connectivity index (χ2v) is 6.24. The number of nitrogens with one attached hydrogen (secondary N) is 3. The maximum atomic E-state index is 7.23. The molecule has 3 aliphatic rings. The van der Waals surface area contributed by atoms with Crippen LogP contribution in [0.1, 0.15) is 57.8 Å². The summed E-state index contributed by atoms with van der Waals surface area (Å²) in [6.07, 6.45) is 12.6. The third-order valence-corrected chi connectivity index (χ3v) is 3.62. The highest BCUT2D eigenvalue weighted by Crippen LogP contribution is 2.11. The molecule has 0 saturated carbocycles. The lowest BCUT2D eigenvalue weighted by Gasteiger charge is -2.08. The highest BCUT2D eigenvalue weighted by atomic mass is 31.2. The summed E-state index contributed by atoms with van der Waals surface area (Å²) in [5.41, 5.74) is 0. The minimum Gasteiger partial charge on any atom is -0.328 e. The Morgan fingerprint density at radius 3 is 0.636 bits per heavy atom. The van der Waals surface area contributed by atoms with Crippen molar-refractivity contribution in [2.45, 2.75) is 57.8 Å². The molecule has 3 rings (SSSR count). The van der Waals surface area contributed by atoms with Gasteiger partial charge in [-0.05, 0) is 77.8 Å². The number of hydrogen-bond acceptors (Lipinski definition) is 6. The lowest BCUT2D eigenvalue weighted by molar-refractivity contribution is 0.368. The molecule has 3 fully saturated rings. The fourth-order valence-electron chi connectivity index (χ4n) is 2.41. The smallest absolute Gasteiger partial charge is 0.324 e. The van der Waals surface area contributed by atoms with Gasteiger partial charge in [-0.2, -0.15) is 0 Å². The van der Waals surface area contributed by atoms with E-state index in [-0.39, 0.29) is 0 Å². The summed E-state index contributed by atoms with van der Waals surface area (Å²) in [7, 11) is -2.62. The molecular weight excluding hydrogens is 301 g/mol. The zero-order valence-electron chi connectivity index (χ0n) is 13.9. The van der Waals surface area contributed by atoms with Crippen molar-refractivity contribution < 1.29 is 14.7 Å². The van der Waals surface area contributed by atoms with Crippen LogP contribution in [0.4, 0.5) is 0 Å². The summed E-state index contributed by atoms with van der Waals surface area (Å²) in [6.45, 7) is 7.50. The second-order valence-electron chi connectivity index (χ2n) is 5.70. The van der Waals surface area contributed by atoms with E-state index < -0.39 is 8.60 Å². The van der Waals surface area contributed by atoms with Crippen LogP contribution in [-0.4, -0.2) is 53.9 Å². The molecule has 6 N–H and O–H groups in total. The molecule has 0 aromatic heterocycles. The Balaban J connectivity index is 0.000000271. The lowest BCUT2D eigenvalue weighted by atomic mass is 10.2. The van der Waals surface area contributed by atoms with Gasteiger partial charge in [-0.3, -0.25) is 0 Å². The number of rotatable bonds is 0. The van der Waals surface area contributed by atoms with Crippen molar-refractivity contribution in [1.82, 2.24) is 16.0 Å². The minimum absolute atomic E-state index is 1.25. The highest BCUT2D eigenvalue weighted by molar-refractivity contribution is 7.38. The SMILES string of the molecule is C1CCNCC1.C1CCNCC1.C1CCNCC1.OP(O)O. The van der Waals surface area contributed by atoms with Gasteiger partial charge >= 0.3 is 8.60 Å². The summed E-state index contributed by atoms with van der Waals surface area (Å²) in [6, 6.07) is 0. The average Bonchev–Trinajstić information content (AvgIpc) is 2.60. The van der Waals surface area contributed by atoms with Gasteiger partial charge in [0.05, 0.1) is 0 Å². The molecule has 3 saturated heterocycles. The van der Waals surface area contributed by atoms with Crippen LogP contribution >= 0.6 is 8.60 Å². The predicted octanol–water partition coefficient (Wildman–Crippen LogP) is 1.47. The molecule has 22 heavy (non-hydrogen) atoms. The molecule has 0 aliphatic carbocycles. The summed E-state index contributed by atoms with van der Waals surface area (Å²) < 4.78 is 0. The Morgan fingerprint density at radius 1 is 0.409 bits per heavy atom. The third-order valence-electron chi connectivity index (χ3n) is 3.62. The highest BCUT2D eigenvalue weighted by Gasteiger charge is 1.94. The van der Waals surface area contributed by atoms with Crippen LogP contribution in [0.15, 0.2) is 0 Å². The van der Waals surface area contributed by atoms with Gasteiger partial charge in [0, 0.05) is 0 Å². The largest absolute Gasteiger partial charge is 0.328 e. The van der Waals surface area contributed by atoms with Crippen molar-refractivity contribution >= 4 is 8.60 Å². The quantitative estimate of drug-likeness (QED) is 0.375. The predicted molar refractivity (Wildman–Crippen MR) is 93.7 cm³/mol. The van der Waals surface area contributed by atoms with Crippen molar-refractivity contribution in [1.29, 1.82) is 0 Å². The van der Waals surface area contributed by atoms with E-state index in [9.17, 15) is 0 Å². The summed E-state index contributed by atoms with van der Waals surface area (Å²) in [5, 5.41) is 9.85. The average molecular weight is 337 g/mol. The number of piperidine rings is 3. The Labute approximate surface area is 137 Å². The molecule has 0 amide bonds. The topological polar surface area (TPSA) is 96.8 Å². The van der Waals surface area contributed by atoms with Crippen LogP contribution < -0.4 is 16.0 Å². The second kappa shape index (κ2) is 19.2. The molecule has 0 aromatic rings. The van der Waals surface area contributed by atoms with Crippen molar-refractivity contribution in [2.24, 2.45) is 0 Å². The Morgan fingerprint density at radius 2 is 0.591 bits per heavy atom. The Hall–Kier alpha value is 0.190. The Kier molecular flexibility index (Phi) is 19.4. The third kappa shape index (κ3) is 22.5. The van der Waals surface area contributed by atoms with Gasteiger partial charge in [-0.25, -0.2) is 0 Å². The van der Waals surface area contributed by atoms with Crippen LogP contribution in [0.3, 0.4) is 0 Å². The van der Waals surface area contributed by atoms with Gasteiger partial charge in [0.15, 0.2) is 0 Å². The van der Waals surface area contributed by atoms with Gasteiger partial charge in [-0.15, -0.1) is 0 Å². The zero-order valence-corrected chi connectivity index (χ0v) is 14.8. The molecule has 7 heteroatoms. The van der Waals surface area contributed by atoms with E-state index in [4.69, 9.17) is 14.7 Å². The van der Waals surface area contributed by atoms with Gasteiger partial charge in [-0.1, -0.05) is 19.3 Å². The van der Waals surface area contributed by atoms with E-state index in [1.165, 1.54) is 97.1 Å². The van der Waals surface area contributed by atoms with Crippen LogP contribution in [0, 0.1) is 0 Å². The molecule has 0 atom stereocenters. The van der Waals surface area contributed by atoms with Gasteiger partial charge in [0.25, 0.3) is 0 Å². The lowest BCUT2D eigenvalue weighted by Crippen LogP contribution is -2.21. The maximum Gasteiger partial charge on any atom is 0.324 e. The first kappa shape index (κ1) is 22.2. The van der Waals surface area contributed by atoms with Gasteiger partial charge < -0.3 is 30.6 Å². The van der Waals surface area contributed by atoms with Crippen molar-refractivity contribution in [3.63, 3.8) is 0 Å². The fourth-order valence-corrected chi connectivity index (χ4v) is 2.41. The van der Waals surface area contributed by atoms with E-state index >= 15 is 0 Å². The Bertz CT molecular complexity index is 135. The molecule has 3 aliphatic heterocycles. The molecule has 0 aromatic carbocycles. The normalized spacial score (nSPS) is 21.3.